The molecule has 3 heterocycles. The maximum absolute atomic E-state index is 13.7. The van der Waals surface area contributed by atoms with Crippen LogP contribution in [0, 0.1) is 34.5 Å². The van der Waals surface area contributed by atoms with Crippen molar-refractivity contribution in [1.82, 2.24) is 4.98 Å². The molecule has 2 aromatic rings. The van der Waals surface area contributed by atoms with E-state index in [1.54, 1.807) is 30.6 Å². The van der Waals surface area contributed by atoms with Crippen LogP contribution < -0.4 is 10.4 Å². The number of aliphatic hydroxyl groups is 1. The molecule has 8 atom stereocenters. The predicted octanol–water partition coefficient (Wildman–Crippen LogP) is 6.02. The van der Waals surface area contributed by atoms with Crippen molar-refractivity contribution < 1.29 is 33.3 Å². The minimum Gasteiger partial charge on any atom is -0.482 e. The number of nitrogens with zero attached hydrogens (tertiary/aromatic N) is 1. The lowest BCUT2D eigenvalue weighted by molar-refractivity contribution is -0.263. The number of fused-ring (bicyclic) bond motifs is 4. The van der Waals surface area contributed by atoms with Gasteiger partial charge >= 0.3 is 17.6 Å². The highest BCUT2D eigenvalue weighted by Crippen LogP contribution is 2.68. The van der Waals surface area contributed by atoms with E-state index in [0.717, 1.165) is 44.9 Å². The fraction of sp³-hybridized carbons (Fsp3) is 0.657. The summed E-state index contributed by atoms with van der Waals surface area (Å²) in [6.07, 6.45) is 8.14. The van der Waals surface area contributed by atoms with Crippen LogP contribution >= 0.6 is 0 Å². The quantitative estimate of drug-likeness (QED) is 0.406. The summed E-state index contributed by atoms with van der Waals surface area (Å²) in [5.41, 5.74) is -2.09. The fourth-order valence-electron chi connectivity index (χ4n) is 9.27. The van der Waals surface area contributed by atoms with Crippen LogP contribution in [0.5, 0.6) is 5.75 Å². The smallest absolute Gasteiger partial charge is 0.345 e. The molecule has 2 aromatic heterocycles. The highest BCUT2D eigenvalue weighted by Gasteiger charge is 2.70. The van der Waals surface area contributed by atoms with E-state index in [-0.39, 0.29) is 53.4 Å². The van der Waals surface area contributed by atoms with Crippen molar-refractivity contribution in [3.8, 4) is 17.1 Å². The van der Waals surface area contributed by atoms with Crippen LogP contribution in [0.4, 0.5) is 0 Å². The number of pyridine rings is 1. The highest BCUT2D eigenvalue weighted by atomic mass is 16.6. The zero-order valence-electron chi connectivity index (χ0n) is 26.5. The second-order valence-electron chi connectivity index (χ2n) is 14.4. The van der Waals surface area contributed by atoms with Gasteiger partial charge in [0.25, 0.3) is 0 Å². The Morgan fingerprint density at radius 3 is 2.57 bits per heavy atom. The Morgan fingerprint density at radius 1 is 1.14 bits per heavy atom. The van der Waals surface area contributed by atoms with E-state index in [9.17, 15) is 19.5 Å². The van der Waals surface area contributed by atoms with Gasteiger partial charge in [-0.25, -0.2) is 4.79 Å². The molecular weight excluding hydrogens is 562 g/mol. The third kappa shape index (κ3) is 4.95. The van der Waals surface area contributed by atoms with Gasteiger partial charge in [0.1, 0.15) is 28.8 Å². The van der Waals surface area contributed by atoms with Gasteiger partial charge in [-0.1, -0.05) is 40.0 Å². The Morgan fingerprint density at radius 2 is 1.89 bits per heavy atom. The lowest BCUT2D eigenvalue weighted by atomic mass is 9.41. The molecule has 6 rings (SSSR count). The van der Waals surface area contributed by atoms with Crippen LogP contribution in [0.1, 0.15) is 97.7 Å². The van der Waals surface area contributed by atoms with E-state index >= 15 is 0 Å². The van der Waals surface area contributed by atoms with E-state index in [1.165, 1.54) is 6.92 Å². The largest absolute Gasteiger partial charge is 0.482 e. The number of aromatic nitrogens is 1. The first-order valence-corrected chi connectivity index (χ1v) is 16.2. The molecule has 1 N–H and O–H groups in total. The van der Waals surface area contributed by atoms with Crippen molar-refractivity contribution in [3.63, 3.8) is 0 Å². The van der Waals surface area contributed by atoms with Crippen LogP contribution in [-0.4, -0.2) is 40.3 Å². The molecule has 238 valence electrons. The van der Waals surface area contributed by atoms with Crippen LogP contribution in [0.2, 0.25) is 0 Å². The summed E-state index contributed by atoms with van der Waals surface area (Å²) in [5, 5.41) is 12.2. The molecule has 0 radical (unpaired) electrons. The first kappa shape index (κ1) is 30.8. The van der Waals surface area contributed by atoms with Gasteiger partial charge in [-0.2, -0.15) is 0 Å². The van der Waals surface area contributed by atoms with Gasteiger partial charge < -0.3 is 23.7 Å². The Labute approximate surface area is 258 Å². The number of hydrogen-bond donors (Lipinski definition) is 1. The number of esters is 2. The van der Waals surface area contributed by atoms with E-state index in [4.69, 9.17) is 18.6 Å². The van der Waals surface area contributed by atoms with Crippen molar-refractivity contribution in [3.05, 3.63) is 46.6 Å². The van der Waals surface area contributed by atoms with E-state index in [1.807, 2.05) is 6.92 Å². The minimum absolute atomic E-state index is 0.0830. The van der Waals surface area contributed by atoms with E-state index < -0.39 is 40.2 Å². The molecule has 4 aliphatic rings. The number of ether oxygens (including phenoxy) is 3. The second-order valence-corrected chi connectivity index (χ2v) is 14.4. The van der Waals surface area contributed by atoms with Crippen molar-refractivity contribution in [2.75, 3.05) is 6.61 Å². The molecule has 0 saturated heterocycles. The topological polar surface area (TPSA) is 125 Å². The van der Waals surface area contributed by atoms with Gasteiger partial charge in [0.2, 0.25) is 0 Å². The van der Waals surface area contributed by atoms with Gasteiger partial charge in [-0.05, 0) is 68.4 Å². The number of carbonyl (C=O) groups excluding carboxylic acids is 2. The zero-order chi connectivity index (χ0) is 31.4. The molecule has 3 fully saturated rings. The molecule has 9 heteroatoms. The molecule has 3 saturated carbocycles. The Balaban J connectivity index is 1.47. The lowest BCUT2D eigenvalue weighted by Gasteiger charge is -2.66. The standard InChI is InChI=1S/C35H45NO8/c1-20-13-14-33(3)26(34(20,4)19-41-21(2)37)17-27(43-31(39)22-10-7-6-8-11-22)35(5)30(33)29(38)28-25(44-35)16-24(42-32(28)40)23-12-9-15-36-18-23/h9,12,15-16,18,20,22,26-27,29-30,38H,6-8,10-11,13-14,17,19H2,1-5H3/t20-,26?,27-,29-,30?,33-,34+,35+/m0/s1. The SMILES string of the molecule is CC(=O)OC[C@@]1(C)C2C[C@H](OC(=O)C3CCCCC3)[C@@]3(C)Oc4cc(-c5cccnc5)oc(=O)c4[C@H](O)C3[C@@]2(C)CC[C@@H]1C. The van der Waals surface area contributed by atoms with Crippen molar-refractivity contribution in [2.24, 2.45) is 34.5 Å². The summed E-state index contributed by atoms with van der Waals surface area (Å²) in [6.45, 7) is 10.0. The van der Waals surface area contributed by atoms with E-state index in [0.29, 0.717) is 12.0 Å². The molecule has 3 aliphatic carbocycles. The molecule has 44 heavy (non-hydrogen) atoms. The third-order valence-corrected chi connectivity index (χ3v) is 11.9. The normalized spacial score (nSPS) is 36.6. The third-order valence-electron chi connectivity index (χ3n) is 11.9. The van der Waals surface area contributed by atoms with Crippen LogP contribution in [0.3, 0.4) is 0 Å². The number of aliphatic hydroxyl groups excluding tert-OH is 1. The Hall–Kier alpha value is -3.20. The molecule has 0 amide bonds. The summed E-state index contributed by atoms with van der Waals surface area (Å²) in [6, 6.07) is 5.18. The van der Waals surface area contributed by atoms with Gasteiger partial charge in [0, 0.05) is 42.3 Å². The highest BCUT2D eigenvalue weighted by molar-refractivity contribution is 5.73. The fourth-order valence-corrected chi connectivity index (χ4v) is 9.27. The molecule has 0 bridgehead atoms. The Bertz CT molecular complexity index is 1470. The average Bonchev–Trinajstić information content (AvgIpc) is 2.99. The molecule has 9 nitrogen and oxygen atoms in total. The first-order valence-electron chi connectivity index (χ1n) is 16.2. The predicted molar refractivity (Wildman–Crippen MR) is 161 cm³/mol. The second kappa shape index (κ2) is 11.3. The molecular formula is C35H45NO8. The van der Waals surface area contributed by atoms with E-state index in [2.05, 4.69) is 25.8 Å². The monoisotopic (exact) mass is 607 g/mol. The maximum Gasteiger partial charge on any atom is 0.345 e. The molecule has 2 unspecified atom stereocenters. The molecule has 0 spiro atoms. The van der Waals surface area contributed by atoms with Crippen LogP contribution in [-0.2, 0) is 19.1 Å². The summed E-state index contributed by atoms with van der Waals surface area (Å²) < 4.78 is 24.7. The average molecular weight is 608 g/mol. The number of hydrogen-bond acceptors (Lipinski definition) is 9. The van der Waals surface area contributed by atoms with Gasteiger partial charge in [0.15, 0.2) is 0 Å². The van der Waals surface area contributed by atoms with Gasteiger partial charge in [0.05, 0.1) is 18.6 Å². The Kier molecular flexibility index (Phi) is 7.92. The lowest BCUT2D eigenvalue weighted by Crippen LogP contribution is -2.70. The number of carbonyl (C=O) groups is 2. The van der Waals surface area contributed by atoms with Crippen LogP contribution in [0.15, 0.2) is 39.8 Å². The minimum atomic E-state index is -1.22. The zero-order valence-corrected chi connectivity index (χ0v) is 26.5. The van der Waals surface area contributed by atoms with Crippen molar-refractivity contribution in [2.45, 2.75) is 104 Å². The summed E-state index contributed by atoms with van der Waals surface area (Å²) in [5.74, 6) is -0.698. The summed E-state index contributed by atoms with van der Waals surface area (Å²) in [7, 11) is 0. The summed E-state index contributed by atoms with van der Waals surface area (Å²) in [4.78, 5) is 43.4. The van der Waals surface area contributed by atoms with Crippen molar-refractivity contribution in [1.29, 1.82) is 0 Å². The molecule has 1 aliphatic heterocycles. The van der Waals surface area contributed by atoms with Gasteiger partial charge in [-0.3, -0.25) is 14.6 Å². The first-order chi connectivity index (χ1) is 20.9. The molecule has 0 aromatic carbocycles. The van der Waals surface area contributed by atoms with Crippen LogP contribution in [0.25, 0.3) is 11.3 Å². The maximum atomic E-state index is 13.7. The summed E-state index contributed by atoms with van der Waals surface area (Å²) >= 11 is 0. The van der Waals surface area contributed by atoms with Crippen molar-refractivity contribution >= 4 is 11.9 Å². The van der Waals surface area contributed by atoms with Gasteiger partial charge in [-0.15, -0.1) is 0 Å². The number of rotatable bonds is 5.